The fraction of sp³-hybridized carbons (Fsp3) is 0.591. The minimum Gasteiger partial charge on any atom is -0.451 e. The van der Waals surface area contributed by atoms with Gasteiger partial charge in [0.25, 0.3) is 11.6 Å². The molecule has 2 amide bonds. The van der Waals surface area contributed by atoms with Crippen LogP contribution in [0.25, 0.3) is 0 Å². The van der Waals surface area contributed by atoms with Crippen LogP contribution < -0.4 is 10.6 Å². The second-order valence-corrected chi connectivity index (χ2v) is 9.83. The molecule has 32 heavy (non-hydrogen) atoms. The molecule has 0 heterocycles. The van der Waals surface area contributed by atoms with Gasteiger partial charge in [0.1, 0.15) is 6.54 Å². The van der Waals surface area contributed by atoms with E-state index in [1.165, 1.54) is 38.3 Å². The Kier molecular flexibility index (Phi) is 6.11. The maximum Gasteiger partial charge on any atom is 0.326 e. The monoisotopic (exact) mass is 463 g/mol. The molecule has 2 N–H and O–H groups in total. The third-order valence-corrected chi connectivity index (χ3v) is 7.34. The lowest BCUT2D eigenvalue weighted by Crippen LogP contribution is -2.54. The largest absolute Gasteiger partial charge is 0.451 e. The molecule has 172 valence electrons. The van der Waals surface area contributed by atoms with E-state index in [1.807, 2.05) is 0 Å². The summed E-state index contributed by atoms with van der Waals surface area (Å²) in [4.78, 5) is 47.8. The molecule has 4 saturated carbocycles. The number of non-ortho nitro benzene ring substituents is 1. The van der Waals surface area contributed by atoms with Crippen LogP contribution in [-0.2, 0) is 19.1 Å². The van der Waals surface area contributed by atoms with E-state index in [0.29, 0.717) is 17.8 Å². The van der Waals surface area contributed by atoms with Gasteiger partial charge in [0, 0.05) is 17.5 Å². The standard InChI is InChI=1S/C22H26ClN3O6/c1-12(20(28)25-18-7-16(26(30)31)2-3-17(18)23)32-19(27)11-24-21(29)22-8-13-4-14(9-22)6-15(5-13)10-22/h2-3,7,12-15H,4-6,8-11H2,1H3,(H,24,29)(H,25,28)/t12-,13?,14?,15?,22?/m1/s1. The van der Waals surface area contributed by atoms with E-state index in [0.717, 1.165) is 25.3 Å². The van der Waals surface area contributed by atoms with Crippen LogP contribution in [0.1, 0.15) is 45.4 Å². The highest BCUT2D eigenvalue weighted by molar-refractivity contribution is 6.33. The summed E-state index contributed by atoms with van der Waals surface area (Å²) in [5.74, 6) is 0.341. The second kappa shape index (κ2) is 8.69. The van der Waals surface area contributed by atoms with Gasteiger partial charge in [0.15, 0.2) is 6.10 Å². The molecule has 0 aliphatic heterocycles. The maximum atomic E-state index is 12.9. The van der Waals surface area contributed by atoms with Crippen LogP contribution in [0.15, 0.2) is 18.2 Å². The van der Waals surface area contributed by atoms with Crippen molar-refractivity contribution in [3.63, 3.8) is 0 Å². The van der Waals surface area contributed by atoms with Crippen molar-refractivity contribution < 1.29 is 24.0 Å². The van der Waals surface area contributed by atoms with E-state index in [2.05, 4.69) is 10.6 Å². The topological polar surface area (TPSA) is 128 Å². The number of halogens is 1. The van der Waals surface area contributed by atoms with Gasteiger partial charge in [-0.15, -0.1) is 0 Å². The Labute approximate surface area is 190 Å². The number of benzene rings is 1. The summed E-state index contributed by atoms with van der Waals surface area (Å²) in [5, 5.41) is 16.2. The molecule has 10 heteroatoms. The Hall–Kier alpha value is -2.68. The van der Waals surface area contributed by atoms with Crippen molar-refractivity contribution >= 4 is 40.8 Å². The SMILES string of the molecule is C[C@@H](OC(=O)CNC(=O)C12CC3CC(CC(C3)C1)C2)C(=O)Nc1cc([N+](=O)[O-])ccc1Cl. The molecule has 0 aromatic heterocycles. The average molecular weight is 464 g/mol. The van der Waals surface area contributed by atoms with Crippen molar-refractivity contribution in [1.82, 2.24) is 5.32 Å². The number of esters is 1. The lowest BCUT2D eigenvalue weighted by molar-refractivity contribution is -0.384. The summed E-state index contributed by atoms with van der Waals surface area (Å²) in [6.45, 7) is 1.06. The lowest BCUT2D eigenvalue weighted by atomic mass is 9.49. The molecule has 9 nitrogen and oxygen atoms in total. The summed E-state index contributed by atoms with van der Waals surface area (Å²) in [7, 11) is 0. The van der Waals surface area contributed by atoms with Crippen molar-refractivity contribution in [2.45, 2.75) is 51.6 Å². The van der Waals surface area contributed by atoms with Crippen LogP contribution >= 0.6 is 11.6 Å². The lowest BCUT2D eigenvalue weighted by Gasteiger charge is -2.55. The smallest absolute Gasteiger partial charge is 0.326 e. The highest BCUT2D eigenvalue weighted by Crippen LogP contribution is 2.60. The first kappa shape index (κ1) is 22.5. The van der Waals surface area contributed by atoms with Crippen LogP contribution in [0, 0.1) is 33.3 Å². The number of rotatable bonds is 7. The minimum atomic E-state index is -1.17. The molecule has 5 rings (SSSR count). The Morgan fingerprint density at radius 1 is 1.19 bits per heavy atom. The molecule has 4 bridgehead atoms. The van der Waals surface area contributed by atoms with E-state index in [-0.39, 0.29) is 34.3 Å². The summed E-state index contributed by atoms with van der Waals surface area (Å²) in [6.07, 6.45) is 5.16. The number of hydrogen-bond donors (Lipinski definition) is 2. The van der Waals surface area contributed by atoms with Gasteiger partial charge in [-0.2, -0.15) is 0 Å². The van der Waals surface area contributed by atoms with Gasteiger partial charge in [-0.05, 0) is 69.3 Å². The van der Waals surface area contributed by atoms with Crippen LogP contribution in [0.3, 0.4) is 0 Å². The Morgan fingerprint density at radius 3 is 2.34 bits per heavy atom. The molecule has 4 aliphatic rings. The van der Waals surface area contributed by atoms with Crippen molar-refractivity contribution in [1.29, 1.82) is 0 Å². The normalized spacial score (nSPS) is 28.6. The number of nitrogens with one attached hydrogen (secondary N) is 2. The van der Waals surface area contributed by atoms with E-state index >= 15 is 0 Å². The summed E-state index contributed by atoms with van der Waals surface area (Å²) in [6, 6.07) is 3.64. The summed E-state index contributed by atoms with van der Waals surface area (Å²) >= 11 is 5.98. The third kappa shape index (κ3) is 4.57. The summed E-state index contributed by atoms with van der Waals surface area (Å²) < 4.78 is 5.13. The number of carbonyl (C=O) groups excluding carboxylic acids is 3. The number of nitro groups is 1. The predicted molar refractivity (Wildman–Crippen MR) is 116 cm³/mol. The van der Waals surface area contributed by atoms with Gasteiger partial charge >= 0.3 is 5.97 Å². The Bertz CT molecular complexity index is 930. The quantitative estimate of drug-likeness (QED) is 0.362. The first-order chi connectivity index (χ1) is 15.1. The first-order valence-corrected chi connectivity index (χ1v) is 11.3. The van der Waals surface area contributed by atoms with Crippen LogP contribution in [0.5, 0.6) is 0 Å². The van der Waals surface area contributed by atoms with Crippen molar-refractivity contribution in [3.8, 4) is 0 Å². The number of anilines is 1. The molecule has 0 spiro atoms. The average Bonchev–Trinajstić information content (AvgIpc) is 2.72. The number of amides is 2. The van der Waals surface area contributed by atoms with E-state index in [1.54, 1.807) is 0 Å². The van der Waals surface area contributed by atoms with Crippen molar-refractivity contribution in [3.05, 3.63) is 33.3 Å². The Morgan fingerprint density at radius 2 is 1.78 bits per heavy atom. The molecule has 1 atom stereocenters. The molecule has 0 unspecified atom stereocenters. The van der Waals surface area contributed by atoms with E-state index in [9.17, 15) is 24.5 Å². The molecular weight excluding hydrogens is 438 g/mol. The van der Waals surface area contributed by atoms with Gasteiger partial charge in [-0.3, -0.25) is 24.5 Å². The van der Waals surface area contributed by atoms with Gasteiger partial charge in [-0.1, -0.05) is 11.6 Å². The zero-order valence-corrected chi connectivity index (χ0v) is 18.5. The number of nitrogens with zero attached hydrogens (tertiary/aromatic N) is 1. The maximum absolute atomic E-state index is 12.9. The zero-order valence-electron chi connectivity index (χ0n) is 17.8. The predicted octanol–water partition coefficient (Wildman–Crippen LogP) is 3.45. The van der Waals surface area contributed by atoms with Crippen LogP contribution in [-0.4, -0.2) is 35.4 Å². The van der Waals surface area contributed by atoms with Gasteiger partial charge in [0.2, 0.25) is 5.91 Å². The van der Waals surface area contributed by atoms with E-state index in [4.69, 9.17) is 16.3 Å². The second-order valence-electron chi connectivity index (χ2n) is 9.42. The molecule has 4 aliphatic carbocycles. The molecule has 0 radical (unpaired) electrons. The zero-order chi connectivity index (χ0) is 23.0. The fourth-order valence-electron chi connectivity index (χ4n) is 5.98. The molecule has 0 saturated heterocycles. The molecule has 1 aromatic rings. The molecule has 1 aromatic carbocycles. The third-order valence-electron chi connectivity index (χ3n) is 7.01. The fourth-order valence-corrected chi connectivity index (χ4v) is 6.14. The van der Waals surface area contributed by atoms with Gasteiger partial charge in [-0.25, -0.2) is 0 Å². The van der Waals surface area contributed by atoms with E-state index < -0.39 is 22.9 Å². The van der Waals surface area contributed by atoms with Crippen LogP contribution in [0.2, 0.25) is 5.02 Å². The number of ether oxygens (including phenoxy) is 1. The molecule has 4 fully saturated rings. The Balaban J connectivity index is 1.28. The number of carbonyl (C=O) groups is 3. The van der Waals surface area contributed by atoms with Crippen LogP contribution in [0.4, 0.5) is 11.4 Å². The van der Waals surface area contributed by atoms with Gasteiger partial charge in [0.05, 0.1) is 15.6 Å². The number of hydrogen-bond acceptors (Lipinski definition) is 6. The van der Waals surface area contributed by atoms with Gasteiger partial charge < -0.3 is 15.4 Å². The molecular formula is C22H26ClN3O6. The highest BCUT2D eigenvalue weighted by Gasteiger charge is 2.54. The number of nitro benzene ring substituents is 1. The highest BCUT2D eigenvalue weighted by atomic mass is 35.5. The van der Waals surface area contributed by atoms with Crippen molar-refractivity contribution in [2.24, 2.45) is 23.2 Å². The minimum absolute atomic E-state index is 0.0453. The summed E-state index contributed by atoms with van der Waals surface area (Å²) in [5.41, 5.74) is -0.554. The van der Waals surface area contributed by atoms with Crippen molar-refractivity contribution in [2.75, 3.05) is 11.9 Å². The first-order valence-electron chi connectivity index (χ1n) is 10.9.